The molecule has 0 saturated carbocycles. The molecule has 8 heteroatoms. The van der Waals surface area contributed by atoms with Crippen molar-refractivity contribution >= 4 is 29.1 Å². The maximum Gasteiger partial charge on any atom is 0.272 e. The molecule has 120 valence electrons. The molecule has 8 nitrogen and oxygen atoms in total. The largest absolute Gasteiger partial charge is 0.322 e. The molecule has 2 aromatic carbocycles. The van der Waals surface area contributed by atoms with Crippen LogP contribution in [0, 0.1) is 17.0 Å². The van der Waals surface area contributed by atoms with Crippen LogP contribution < -0.4 is 10.6 Å². The molecule has 24 heavy (non-hydrogen) atoms. The fraction of sp³-hybridized carbons (Fsp3) is 0.0625. The number of nitro groups is 1. The third kappa shape index (κ3) is 2.60. The summed E-state index contributed by atoms with van der Waals surface area (Å²) in [5, 5.41) is 15.6. The van der Waals surface area contributed by atoms with Gasteiger partial charge < -0.3 is 5.32 Å². The first-order valence-corrected chi connectivity index (χ1v) is 6.93. The summed E-state index contributed by atoms with van der Waals surface area (Å²) < 4.78 is 0. The number of benzene rings is 2. The first-order chi connectivity index (χ1) is 11.4. The molecule has 0 spiro atoms. The van der Waals surface area contributed by atoms with Crippen LogP contribution in [0.1, 0.15) is 36.6 Å². The van der Waals surface area contributed by atoms with Crippen molar-refractivity contribution in [3.63, 3.8) is 0 Å². The van der Waals surface area contributed by atoms with Crippen molar-refractivity contribution < 1.29 is 19.3 Å². The average Bonchev–Trinajstić information content (AvgIpc) is 2.81. The highest BCUT2D eigenvalue weighted by Gasteiger charge is 2.26. The van der Waals surface area contributed by atoms with Gasteiger partial charge in [0.1, 0.15) is 0 Å². The number of aryl methyl sites for hydroxylation is 1. The fourth-order valence-electron chi connectivity index (χ4n) is 2.45. The molecule has 3 rings (SSSR count). The van der Waals surface area contributed by atoms with E-state index >= 15 is 0 Å². The van der Waals surface area contributed by atoms with E-state index in [1.807, 2.05) is 0 Å². The summed E-state index contributed by atoms with van der Waals surface area (Å²) in [4.78, 5) is 45.6. The van der Waals surface area contributed by atoms with E-state index in [2.05, 4.69) is 10.6 Å². The number of hydrogen-bond donors (Lipinski definition) is 2. The van der Waals surface area contributed by atoms with Crippen LogP contribution in [0.3, 0.4) is 0 Å². The second-order valence-corrected chi connectivity index (χ2v) is 5.26. The van der Waals surface area contributed by atoms with Crippen LogP contribution in [-0.4, -0.2) is 22.6 Å². The number of anilines is 1. The summed E-state index contributed by atoms with van der Waals surface area (Å²) in [7, 11) is 0. The van der Waals surface area contributed by atoms with Crippen LogP contribution >= 0.6 is 0 Å². The van der Waals surface area contributed by atoms with Crippen LogP contribution in [0.15, 0.2) is 36.4 Å². The Kier molecular flexibility index (Phi) is 3.57. The second-order valence-electron chi connectivity index (χ2n) is 5.26. The van der Waals surface area contributed by atoms with Gasteiger partial charge in [0, 0.05) is 22.9 Å². The molecule has 0 bridgehead atoms. The van der Waals surface area contributed by atoms with Crippen molar-refractivity contribution in [3.05, 3.63) is 68.8 Å². The zero-order chi connectivity index (χ0) is 17.4. The van der Waals surface area contributed by atoms with Crippen molar-refractivity contribution in [2.45, 2.75) is 6.92 Å². The van der Waals surface area contributed by atoms with E-state index in [-0.39, 0.29) is 22.4 Å². The standard InChI is InChI=1S/C16H11N3O5/c1-8-6-9(2-5-13(8)19(23)24)14(20)17-10-3-4-11-12(7-10)16(22)18-15(11)21/h2-7H,1H3,(H,17,20)(H,18,21,22). The average molecular weight is 325 g/mol. The Morgan fingerprint density at radius 2 is 1.79 bits per heavy atom. The van der Waals surface area contributed by atoms with Crippen LogP contribution in [0.4, 0.5) is 11.4 Å². The Bertz CT molecular complexity index is 920. The lowest BCUT2D eigenvalue weighted by Gasteiger charge is -2.07. The van der Waals surface area contributed by atoms with Crippen LogP contribution in [0.2, 0.25) is 0 Å². The summed E-state index contributed by atoms with van der Waals surface area (Å²) >= 11 is 0. The van der Waals surface area contributed by atoms with Gasteiger partial charge in [-0.2, -0.15) is 0 Å². The number of fused-ring (bicyclic) bond motifs is 1. The van der Waals surface area contributed by atoms with Gasteiger partial charge in [0.15, 0.2) is 0 Å². The minimum atomic E-state index is -0.521. The normalized spacial score (nSPS) is 12.5. The third-order valence-electron chi connectivity index (χ3n) is 3.65. The molecule has 1 aliphatic rings. The zero-order valence-corrected chi connectivity index (χ0v) is 12.5. The highest BCUT2D eigenvalue weighted by molar-refractivity contribution is 6.22. The first kappa shape index (κ1) is 15.3. The predicted octanol–water partition coefficient (Wildman–Crippen LogP) is 2.04. The Morgan fingerprint density at radius 1 is 1.08 bits per heavy atom. The number of imide groups is 1. The van der Waals surface area contributed by atoms with E-state index in [1.54, 1.807) is 6.92 Å². The summed E-state index contributed by atoms with van der Waals surface area (Å²) in [6.45, 7) is 1.54. The topological polar surface area (TPSA) is 118 Å². The number of amides is 3. The van der Waals surface area contributed by atoms with Crippen LogP contribution in [0.5, 0.6) is 0 Å². The molecule has 0 unspecified atom stereocenters. The minimum Gasteiger partial charge on any atom is -0.322 e. The van der Waals surface area contributed by atoms with Gasteiger partial charge in [0.2, 0.25) is 0 Å². The van der Waals surface area contributed by atoms with Gasteiger partial charge in [0.25, 0.3) is 23.4 Å². The van der Waals surface area contributed by atoms with Gasteiger partial charge in [-0.15, -0.1) is 0 Å². The highest BCUT2D eigenvalue weighted by atomic mass is 16.6. The maximum atomic E-state index is 12.2. The van der Waals surface area contributed by atoms with Gasteiger partial charge in [0.05, 0.1) is 16.1 Å². The van der Waals surface area contributed by atoms with Gasteiger partial charge in [-0.1, -0.05) is 0 Å². The third-order valence-corrected chi connectivity index (χ3v) is 3.65. The number of hydrogen-bond acceptors (Lipinski definition) is 5. The number of carbonyl (C=O) groups is 3. The molecule has 0 aromatic heterocycles. The summed E-state index contributed by atoms with van der Waals surface area (Å²) in [5.74, 6) is -1.46. The highest BCUT2D eigenvalue weighted by Crippen LogP contribution is 2.22. The number of nitro benzene ring substituents is 1. The van der Waals surface area contributed by atoms with Gasteiger partial charge in [-0.05, 0) is 37.3 Å². The van der Waals surface area contributed by atoms with E-state index in [0.717, 1.165) is 0 Å². The van der Waals surface area contributed by atoms with Crippen LogP contribution in [0.25, 0.3) is 0 Å². The lowest BCUT2D eigenvalue weighted by molar-refractivity contribution is -0.385. The number of carbonyl (C=O) groups excluding carboxylic acids is 3. The van der Waals surface area contributed by atoms with E-state index in [0.29, 0.717) is 11.3 Å². The number of nitrogens with zero attached hydrogens (tertiary/aromatic N) is 1. The van der Waals surface area contributed by atoms with Crippen molar-refractivity contribution in [2.75, 3.05) is 5.32 Å². The first-order valence-electron chi connectivity index (χ1n) is 6.93. The van der Waals surface area contributed by atoms with E-state index in [4.69, 9.17) is 0 Å². The summed E-state index contributed by atoms with van der Waals surface area (Å²) in [6.07, 6.45) is 0. The maximum absolute atomic E-state index is 12.2. The minimum absolute atomic E-state index is 0.0701. The fourth-order valence-corrected chi connectivity index (χ4v) is 2.45. The quantitative estimate of drug-likeness (QED) is 0.508. The van der Waals surface area contributed by atoms with Gasteiger partial charge in [-0.25, -0.2) is 0 Å². The predicted molar refractivity (Wildman–Crippen MR) is 84.0 cm³/mol. The summed E-state index contributed by atoms with van der Waals surface area (Å²) in [6, 6.07) is 8.39. The van der Waals surface area contributed by atoms with Crippen molar-refractivity contribution in [1.29, 1.82) is 0 Å². The van der Waals surface area contributed by atoms with Crippen molar-refractivity contribution in [1.82, 2.24) is 5.32 Å². The summed E-state index contributed by atoms with van der Waals surface area (Å²) in [5.41, 5.74) is 1.34. The Hall–Kier alpha value is -3.55. The Labute approximate surface area is 135 Å². The van der Waals surface area contributed by atoms with Gasteiger partial charge in [-0.3, -0.25) is 29.8 Å². The van der Waals surface area contributed by atoms with E-state index in [1.165, 1.54) is 36.4 Å². The molecular formula is C16H11N3O5. The van der Waals surface area contributed by atoms with E-state index < -0.39 is 22.6 Å². The van der Waals surface area contributed by atoms with Crippen LogP contribution in [-0.2, 0) is 0 Å². The SMILES string of the molecule is Cc1cc(C(=O)Nc2ccc3c(c2)C(=O)NC3=O)ccc1[N+](=O)[O-]. The smallest absolute Gasteiger partial charge is 0.272 e. The molecule has 0 saturated heterocycles. The number of nitrogens with one attached hydrogen (secondary N) is 2. The second kappa shape index (κ2) is 5.58. The molecular weight excluding hydrogens is 314 g/mol. The molecule has 1 heterocycles. The molecule has 1 aliphatic heterocycles. The molecule has 3 amide bonds. The lowest BCUT2D eigenvalue weighted by Crippen LogP contribution is -2.19. The monoisotopic (exact) mass is 325 g/mol. The van der Waals surface area contributed by atoms with Crippen molar-refractivity contribution in [2.24, 2.45) is 0 Å². The zero-order valence-electron chi connectivity index (χ0n) is 12.5. The number of rotatable bonds is 3. The molecule has 2 aromatic rings. The van der Waals surface area contributed by atoms with Crippen molar-refractivity contribution in [3.8, 4) is 0 Å². The van der Waals surface area contributed by atoms with E-state index in [9.17, 15) is 24.5 Å². The molecule has 0 fully saturated rings. The Balaban J connectivity index is 1.84. The molecule has 0 radical (unpaired) electrons. The molecule has 0 atom stereocenters. The van der Waals surface area contributed by atoms with Gasteiger partial charge >= 0.3 is 0 Å². The molecule has 2 N–H and O–H groups in total. The Morgan fingerprint density at radius 3 is 2.46 bits per heavy atom. The lowest BCUT2D eigenvalue weighted by atomic mass is 10.1. The molecule has 0 aliphatic carbocycles.